The Morgan fingerprint density at radius 1 is 0.654 bits per heavy atom. The maximum absolute atomic E-state index is 9.53. The molecule has 8 aromatic rings. The zero-order chi connectivity index (χ0) is 35.0. The first-order valence-corrected chi connectivity index (χ1v) is 17.8. The summed E-state index contributed by atoms with van der Waals surface area (Å²) in [6.45, 7) is 4.65. The average Bonchev–Trinajstić information content (AvgIpc) is 3.84. The van der Waals surface area contributed by atoms with E-state index >= 15 is 0 Å². The molecule has 2 aromatic heterocycles. The van der Waals surface area contributed by atoms with Gasteiger partial charge in [-0.15, -0.1) is 0 Å². The van der Waals surface area contributed by atoms with Crippen molar-refractivity contribution < 1.29 is 0 Å². The second-order valence-corrected chi connectivity index (χ2v) is 14.3. The third-order valence-corrected chi connectivity index (χ3v) is 11.1. The van der Waals surface area contributed by atoms with Crippen LogP contribution in [0.1, 0.15) is 30.5 Å². The largest absolute Gasteiger partial charge is 0.411 e. The summed E-state index contributed by atoms with van der Waals surface area (Å²) in [5.41, 5.74) is 23.5. The monoisotopic (exact) mass is 670 g/mol. The Morgan fingerprint density at radius 2 is 1.38 bits per heavy atom. The minimum atomic E-state index is -0.424. The van der Waals surface area contributed by atoms with Gasteiger partial charge in [-0.3, -0.25) is 0 Å². The van der Waals surface area contributed by atoms with Crippen molar-refractivity contribution in [3.63, 3.8) is 0 Å². The van der Waals surface area contributed by atoms with Crippen LogP contribution in [0, 0.1) is 0 Å². The lowest BCUT2D eigenvalue weighted by molar-refractivity contribution is 0.660. The molecule has 0 radical (unpaired) electrons. The van der Waals surface area contributed by atoms with Gasteiger partial charge in [0.25, 0.3) is 0 Å². The van der Waals surface area contributed by atoms with Crippen LogP contribution in [-0.2, 0) is 5.41 Å². The summed E-state index contributed by atoms with van der Waals surface area (Å²) in [6.07, 6.45) is 7.71. The van der Waals surface area contributed by atoms with E-state index in [1.807, 2.05) is 29.0 Å². The van der Waals surface area contributed by atoms with Gasteiger partial charge < -0.3 is 25.2 Å². The molecule has 1 atom stereocenters. The predicted molar refractivity (Wildman–Crippen MR) is 217 cm³/mol. The fraction of sp³-hybridized carbons (Fsp3) is 0.0851. The number of allylic oxidation sites excluding steroid dienone is 2. The molecule has 5 nitrogen and oxygen atoms in total. The number of hydrogen-bond acceptors (Lipinski definition) is 2. The smallest absolute Gasteiger partial charge is 0.0867 e. The van der Waals surface area contributed by atoms with E-state index in [-0.39, 0.29) is 11.4 Å². The van der Waals surface area contributed by atoms with Crippen LogP contribution in [0.15, 0.2) is 169 Å². The topological polar surface area (TPSA) is 58.0 Å². The lowest BCUT2D eigenvalue weighted by atomic mass is 9.81. The van der Waals surface area contributed by atoms with Gasteiger partial charge in [0.15, 0.2) is 0 Å². The molecule has 0 bridgehead atoms. The number of benzene rings is 6. The zero-order valence-corrected chi connectivity index (χ0v) is 29.0. The van der Waals surface area contributed by atoms with Crippen molar-refractivity contribution in [2.75, 3.05) is 0 Å². The maximum Gasteiger partial charge on any atom is 0.0867 e. The summed E-state index contributed by atoms with van der Waals surface area (Å²) in [7, 11) is 0. The third-order valence-electron chi connectivity index (χ3n) is 11.1. The van der Waals surface area contributed by atoms with Crippen molar-refractivity contribution in [3.05, 3.63) is 186 Å². The molecule has 0 saturated carbocycles. The number of para-hydroxylation sites is 2. The van der Waals surface area contributed by atoms with Crippen molar-refractivity contribution in [2.24, 2.45) is 4.99 Å². The molecule has 3 heterocycles. The quantitative estimate of drug-likeness (QED) is 0.147. The van der Waals surface area contributed by atoms with Gasteiger partial charge in [-0.05, 0) is 103 Å². The van der Waals surface area contributed by atoms with Crippen LogP contribution >= 0.6 is 0 Å². The molecule has 52 heavy (non-hydrogen) atoms. The molecule has 1 unspecified atom stereocenters. The van der Waals surface area contributed by atoms with Crippen LogP contribution in [-0.4, -0.2) is 21.3 Å². The molecular weight excluding hydrogens is 635 g/mol. The molecule has 1 aliphatic carbocycles. The van der Waals surface area contributed by atoms with E-state index in [2.05, 4.69) is 163 Å². The molecule has 2 N–H and O–H groups in total. The van der Waals surface area contributed by atoms with Crippen LogP contribution in [0.25, 0.3) is 72.0 Å². The maximum atomic E-state index is 9.53. The van der Waals surface area contributed by atoms with Crippen molar-refractivity contribution >= 4 is 44.2 Å². The van der Waals surface area contributed by atoms with Crippen LogP contribution in [0.3, 0.4) is 0 Å². The number of hydrogen-bond donors (Lipinski definition) is 1. The van der Waals surface area contributed by atoms with E-state index < -0.39 is 6.17 Å². The van der Waals surface area contributed by atoms with Gasteiger partial charge >= 0.3 is 0 Å². The lowest BCUT2D eigenvalue weighted by Gasteiger charge is -2.27. The molecule has 0 spiro atoms. The number of nitrogens with zero attached hydrogens (tertiary/aromatic N) is 3. The molecule has 0 saturated heterocycles. The van der Waals surface area contributed by atoms with Gasteiger partial charge in [0, 0.05) is 34.2 Å². The first-order chi connectivity index (χ1) is 25.5. The number of dihydropyridines is 1. The Kier molecular flexibility index (Phi) is 6.67. The van der Waals surface area contributed by atoms with Gasteiger partial charge in [0.05, 0.1) is 11.7 Å². The van der Waals surface area contributed by atoms with Crippen LogP contribution in [0.2, 0.25) is 0 Å². The van der Waals surface area contributed by atoms with E-state index in [0.29, 0.717) is 0 Å². The van der Waals surface area contributed by atoms with Crippen molar-refractivity contribution in [1.29, 1.82) is 0 Å². The summed E-state index contributed by atoms with van der Waals surface area (Å²) in [6, 6.07) is 49.6. The van der Waals surface area contributed by atoms with Gasteiger partial charge in [-0.2, -0.15) is 0 Å². The minimum absolute atomic E-state index is 0.0417. The van der Waals surface area contributed by atoms with Gasteiger partial charge in [0.2, 0.25) is 0 Å². The summed E-state index contributed by atoms with van der Waals surface area (Å²) in [5, 5.41) is 6.73. The Balaban J connectivity index is 1.02. The molecule has 0 amide bonds. The summed E-state index contributed by atoms with van der Waals surface area (Å²) in [4.78, 5) is 5.07. The van der Waals surface area contributed by atoms with Gasteiger partial charge in [-0.1, -0.05) is 129 Å². The van der Waals surface area contributed by atoms with E-state index in [9.17, 15) is 5.73 Å². The summed E-state index contributed by atoms with van der Waals surface area (Å²) < 4.78 is 4.22. The number of aromatic nitrogens is 2. The van der Waals surface area contributed by atoms with E-state index in [4.69, 9.17) is 4.99 Å². The average molecular weight is 671 g/mol. The highest BCUT2D eigenvalue weighted by molar-refractivity contribution is 6.22. The SMILES string of the molecule is CC1(C)c2ccccc2-c2ccc(-c3ccc(C4=CC=CNC4/N=C(\[NH-])n4c5ccccc5c5ccc6c(ccn6-c6ccccc6)c54)cc3)cc21. The molecule has 0 fully saturated rings. The Bertz CT molecular complexity index is 2790. The van der Waals surface area contributed by atoms with Gasteiger partial charge in [0.1, 0.15) is 0 Å². The second-order valence-electron chi connectivity index (χ2n) is 14.3. The number of aliphatic imine (C=N–C) groups is 1. The molecule has 10 rings (SSSR count). The highest BCUT2D eigenvalue weighted by atomic mass is 15.2. The Morgan fingerprint density at radius 3 is 2.25 bits per heavy atom. The van der Waals surface area contributed by atoms with E-state index in [0.717, 1.165) is 49.5 Å². The van der Waals surface area contributed by atoms with Crippen molar-refractivity contribution in [3.8, 4) is 27.9 Å². The normalized spacial score (nSPS) is 16.2. The van der Waals surface area contributed by atoms with Crippen LogP contribution in [0.4, 0.5) is 0 Å². The van der Waals surface area contributed by atoms with Crippen LogP contribution in [0.5, 0.6) is 0 Å². The Hall–Kier alpha value is -6.59. The zero-order valence-electron chi connectivity index (χ0n) is 29.0. The first kappa shape index (κ1) is 30.3. The van der Waals surface area contributed by atoms with Crippen molar-refractivity contribution in [2.45, 2.75) is 25.4 Å². The van der Waals surface area contributed by atoms with E-state index in [1.54, 1.807) is 0 Å². The Labute approximate surface area is 302 Å². The number of nitrogens with one attached hydrogen (secondary N) is 2. The van der Waals surface area contributed by atoms with Gasteiger partial charge in [-0.25, -0.2) is 0 Å². The summed E-state index contributed by atoms with van der Waals surface area (Å²) in [5.74, 6) is 0.184. The molecule has 6 aromatic carbocycles. The fourth-order valence-electron chi connectivity index (χ4n) is 8.47. The minimum Gasteiger partial charge on any atom is -0.411 e. The van der Waals surface area contributed by atoms with Crippen molar-refractivity contribution in [1.82, 2.24) is 14.5 Å². The standard InChI is InChI=1S/C47H36N5/c1-47(2)40-16-8-6-13-35(40)36-23-22-32(29-41(36)47)30-18-20-31(21-19-30)34-15-10-27-49-45(34)50-46(48)52-43-17-9-7-14-37(43)38-24-25-42-39(44(38)52)26-28-51(42)33-11-4-3-5-12-33/h3-29,45,49H,1-2H3,(H-,48,50)/q-1. The fourth-order valence-corrected chi connectivity index (χ4v) is 8.47. The second kappa shape index (κ2) is 11.5. The summed E-state index contributed by atoms with van der Waals surface area (Å²) >= 11 is 0. The highest BCUT2D eigenvalue weighted by Crippen LogP contribution is 2.49. The molecular formula is C47H36N5-. The number of rotatable bonds is 4. The highest BCUT2D eigenvalue weighted by Gasteiger charge is 2.35. The third kappa shape index (κ3) is 4.52. The molecule has 5 heteroatoms. The lowest BCUT2D eigenvalue weighted by Crippen LogP contribution is -2.28. The van der Waals surface area contributed by atoms with E-state index in [1.165, 1.54) is 33.4 Å². The molecule has 250 valence electrons. The van der Waals surface area contributed by atoms with Crippen LogP contribution < -0.4 is 5.32 Å². The molecule has 2 aliphatic rings. The number of fused-ring (bicyclic) bond motifs is 8. The molecule has 1 aliphatic heterocycles. The first-order valence-electron chi connectivity index (χ1n) is 17.8. The predicted octanol–water partition coefficient (Wildman–Crippen LogP) is 11.5.